The highest BCUT2D eigenvalue weighted by Gasteiger charge is 2.35. The second-order valence-corrected chi connectivity index (χ2v) is 8.68. The van der Waals surface area contributed by atoms with E-state index in [-0.39, 0.29) is 23.4 Å². The van der Waals surface area contributed by atoms with Gasteiger partial charge in [-0.25, -0.2) is 0 Å². The Morgan fingerprint density at radius 3 is 2.67 bits per heavy atom. The first kappa shape index (κ1) is 16.4. The van der Waals surface area contributed by atoms with E-state index in [9.17, 15) is 9.59 Å². The lowest BCUT2D eigenvalue weighted by Gasteiger charge is -2.27. The number of nitrogens with zero attached hydrogens (tertiary/aromatic N) is 1. The average molecular weight is 326 g/mol. The Morgan fingerprint density at radius 1 is 1.38 bits per heavy atom. The van der Waals surface area contributed by atoms with E-state index in [0.717, 1.165) is 4.88 Å². The molecule has 1 aliphatic heterocycles. The fourth-order valence-corrected chi connectivity index (χ4v) is 4.25. The predicted octanol–water partition coefficient (Wildman–Crippen LogP) is 2.42. The largest absolute Gasteiger partial charge is 0.350 e. The van der Waals surface area contributed by atoms with E-state index in [0.29, 0.717) is 18.1 Å². The summed E-state index contributed by atoms with van der Waals surface area (Å²) >= 11 is 3.28. The summed E-state index contributed by atoms with van der Waals surface area (Å²) in [6, 6.07) is 3.67. The standard InChI is InChI=1S/C15H22N2O2S2/c1-10-5-6-11(21-10)7-13(18)17-9-20-8-12(17)14(19)16-15(2,3)4/h5-6,12H,7-9H2,1-4H3,(H,16,19). The van der Waals surface area contributed by atoms with Crippen LogP contribution in [0.2, 0.25) is 0 Å². The molecule has 0 saturated carbocycles. The molecule has 21 heavy (non-hydrogen) atoms. The Balaban J connectivity index is 2.00. The monoisotopic (exact) mass is 326 g/mol. The summed E-state index contributed by atoms with van der Waals surface area (Å²) < 4.78 is 0. The van der Waals surface area contributed by atoms with Crippen molar-refractivity contribution in [3.63, 3.8) is 0 Å². The number of hydrogen-bond donors (Lipinski definition) is 1. The minimum atomic E-state index is -0.345. The average Bonchev–Trinajstić information content (AvgIpc) is 2.95. The Bertz CT molecular complexity index is 534. The fourth-order valence-electron chi connectivity index (χ4n) is 2.19. The minimum absolute atomic E-state index is 0.0379. The summed E-state index contributed by atoms with van der Waals surface area (Å²) in [7, 11) is 0. The van der Waals surface area contributed by atoms with Gasteiger partial charge in [0.25, 0.3) is 0 Å². The van der Waals surface area contributed by atoms with Crippen molar-refractivity contribution in [2.24, 2.45) is 0 Å². The molecule has 0 bridgehead atoms. The van der Waals surface area contributed by atoms with Gasteiger partial charge >= 0.3 is 0 Å². The molecule has 6 heteroatoms. The van der Waals surface area contributed by atoms with E-state index in [1.54, 1.807) is 28.0 Å². The van der Waals surface area contributed by atoms with Crippen LogP contribution < -0.4 is 5.32 Å². The van der Waals surface area contributed by atoms with E-state index in [1.165, 1.54) is 4.88 Å². The van der Waals surface area contributed by atoms with Crippen molar-refractivity contribution < 1.29 is 9.59 Å². The lowest BCUT2D eigenvalue weighted by atomic mass is 10.1. The summed E-state index contributed by atoms with van der Waals surface area (Å²) in [4.78, 5) is 28.7. The lowest BCUT2D eigenvalue weighted by molar-refractivity contribution is -0.138. The SMILES string of the molecule is Cc1ccc(CC(=O)N2CSCC2C(=O)NC(C)(C)C)s1. The predicted molar refractivity (Wildman–Crippen MR) is 88.6 cm³/mol. The van der Waals surface area contributed by atoms with Gasteiger partial charge in [-0.05, 0) is 39.8 Å². The third-order valence-corrected chi connectivity index (χ3v) is 5.14. The van der Waals surface area contributed by atoms with Crippen LogP contribution in [0.25, 0.3) is 0 Å². The molecule has 1 fully saturated rings. The van der Waals surface area contributed by atoms with E-state index < -0.39 is 0 Å². The first-order valence-corrected chi connectivity index (χ1v) is 8.98. The maximum absolute atomic E-state index is 12.4. The van der Waals surface area contributed by atoms with Crippen LogP contribution in [0.4, 0.5) is 0 Å². The normalized spacial score (nSPS) is 18.9. The molecule has 2 heterocycles. The molecule has 2 amide bonds. The molecule has 2 rings (SSSR count). The van der Waals surface area contributed by atoms with Gasteiger partial charge in [-0.15, -0.1) is 23.1 Å². The van der Waals surface area contributed by atoms with Crippen molar-refractivity contribution in [1.29, 1.82) is 0 Å². The van der Waals surface area contributed by atoms with E-state index in [4.69, 9.17) is 0 Å². The van der Waals surface area contributed by atoms with Crippen LogP contribution >= 0.6 is 23.1 Å². The summed E-state index contributed by atoms with van der Waals surface area (Å²) in [5, 5.41) is 2.97. The zero-order chi connectivity index (χ0) is 15.6. The Hall–Kier alpha value is -1.01. The van der Waals surface area contributed by atoms with Crippen molar-refractivity contribution in [2.75, 3.05) is 11.6 Å². The lowest BCUT2D eigenvalue weighted by Crippen LogP contribution is -2.52. The first-order chi connectivity index (χ1) is 9.76. The molecule has 0 spiro atoms. The van der Waals surface area contributed by atoms with Crippen LogP contribution in [0.15, 0.2) is 12.1 Å². The number of aryl methyl sites for hydroxylation is 1. The number of carbonyl (C=O) groups excluding carboxylic acids is 2. The molecule has 1 aromatic rings. The Kier molecular flexibility index (Phi) is 4.99. The number of rotatable bonds is 3. The van der Waals surface area contributed by atoms with Crippen LogP contribution in [0.1, 0.15) is 30.5 Å². The Labute approximate surface area is 134 Å². The number of amides is 2. The van der Waals surface area contributed by atoms with Crippen LogP contribution in [0.3, 0.4) is 0 Å². The smallest absolute Gasteiger partial charge is 0.244 e. The second-order valence-electron chi connectivity index (χ2n) is 6.31. The molecule has 1 aromatic heterocycles. The van der Waals surface area contributed by atoms with Crippen molar-refractivity contribution in [2.45, 2.75) is 45.7 Å². The molecule has 4 nitrogen and oxygen atoms in total. The summed E-state index contributed by atoms with van der Waals surface area (Å²) in [5.74, 6) is 1.27. The molecule has 0 radical (unpaired) electrons. The van der Waals surface area contributed by atoms with Crippen LogP contribution in [0, 0.1) is 6.92 Å². The highest BCUT2D eigenvalue weighted by molar-refractivity contribution is 7.99. The van der Waals surface area contributed by atoms with Gasteiger partial charge in [-0.1, -0.05) is 0 Å². The molecular formula is C15H22N2O2S2. The molecule has 1 unspecified atom stereocenters. The minimum Gasteiger partial charge on any atom is -0.350 e. The number of thiophene rings is 1. The number of carbonyl (C=O) groups is 2. The zero-order valence-corrected chi connectivity index (χ0v) is 14.6. The van der Waals surface area contributed by atoms with Crippen LogP contribution in [0.5, 0.6) is 0 Å². The van der Waals surface area contributed by atoms with Gasteiger partial charge in [0.1, 0.15) is 6.04 Å². The van der Waals surface area contributed by atoms with E-state index >= 15 is 0 Å². The van der Waals surface area contributed by atoms with Crippen LogP contribution in [-0.2, 0) is 16.0 Å². The molecule has 116 valence electrons. The van der Waals surface area contributed by atoms with E-state index in [2.05, 4.69) is 5.32 Å². The van der Waals surface area contributed by atoms with Gasteiger partial charge in [0.2, 0.25) is 11.8 Å². The molecule has 1 atom stereocenters. The highest BCUT2D eigenvalue weighted by Crippen LogP contribution is 2.24. The van der Waals surface area contributed by atoms with Gasteiger partial charge in [-0.3, -0.25) is 9.59 Å². The number of nitrogens with one attached hydrogen (secondary N) is 1. The third-order valence-electron chi connectivity index (χ3n) is 3.12. The number of hydrogen-bond acceptors (Lipinski definition) is 4. The number of thioether (sulfide) groups is 1. The second kappa shape index (κ2) is 6.40. The topological polar surface area (TPSA) is 49.4 Å². The first-order valence-electron chi connectivity index (χ1n) is 7.01. The summed E-state index contributed by atoms with van der Waals surface area (Å²) in [6.45, 7) is 7.89. The quantitative estimate of drug-likeness (QED) is 0.928. The van der Waals surface area contributed by atoms with Gasteiger partial charge in [-0.2, -0.15) is 0 Å². The molecular weight excluding hydrogens is 304 g/mol. The van der Waals surface area contributed by atoms with Gasteiger partial charge < -0.3 is 10.2 Å². The van der Waals surface area contributed by atoms with Crippen LogP contribution in [-0.4, -0.2) is 39.9 Å². The van der Waals surface area contributed by atoms with E-state index in [1.807, 2.05) is 39.8 Å². The molecule has 1 aliphatic rings. The maximum Gasteiger partial charge on any atom is 0.244 e. The third kappa shape index (κ3) is 4.48. The highest BCUT2D eigenvalue weighted by atomic mass is 32.2. The molecule has 1 N–H and O–H groups in total. The van der Waals surface area contributed by atoms with Crippen molar-refractivity contribution in [3.05, 3.63) is 21.9 Å². The molecule has 0 aliphatic carbocycles. The van der Waals surface area contributed by atoms with Crippen molar-refractivity contribution in [1.82, 2.24) is 10.2 Å². The molecule has 0 aromatic carbocycles. The Morgan fingerprint density at radius 2 is 2.10 bits per heavy atom. The summed E-state index contributed by atoms with van der Waals surface area (Å²) in [5.41, 5.74) is -0.274. The van der Waals surface area contributed by atoms with Crippen molar-refractivity contribution >= 4 is 34.9 Å². The van der Waals surface area contributed by atoms with Gasteiger partial charge in [0, 0.05) is 21.0 Å². The molecule has 1 saturated heterocycles. The van der Waals surface area contributed by atoms with Gasteiger partial charge in [0.15, 0.2) is 0 Å². The zero-order valence-electron chi connectivity index (χ0n) is 12.9. The fraction of sp³-hybridized carbons (Fsp3) is 0.600. The maximum atomic E-state index is 12.4. The van der Waals surface area contributed by atoms with Crippen molar-refractivity contribution in [3.8, 4) is 0 Å². The van der Waals surface area contributed by atoms with Gasteiger partial charge in [0.05, 0.1) is 12.3 Å². The summed E-state index contributed by atoms with van der Waals surface area (Å²) in [6.07, 6.45) is 0.387.